The van der Waals surface area contributed by atoms with E-state index in [0.29, 0.717) is 19.7 Å². The predicted molar refractivity (Wildman–Crippen MR) is 83.1 cm³/mol. The Labute approximate surface area is 121 Å². The van der Waals surface area contributed by atoms with Gasteiger partial charge in [0, 0.05) is 18.8 Å². The summed E-state index contributed by atoms with van der Waals surface area (Å²) in [5, 5.41) is 6.00. The fraction of sp³-hybridized carbons (Fsp3) is 0.562. The van der Waals surface area contributed by atoms with Crippen molar-refractivity contribution in [1.82, 2.24) is 5.32 Å². The number of carbonyl (C=O) groups is 1. The van der Waals surface area contributed by atoms with Gasteiger partial charge in [0.2, 0.25) is 5.91 Å². The Kier molecular flexibility index (Phi) is 7.09. The molecule has 1 amide bonds. The number of hydrogen-bond donors (Lipinski definition) is 2. The summed E-state index contributed by atoms with van der Waals surface area (Å²) in [5.74, 6) is 0.00720. The molecule has 4 nitrogen and oxygen atoms in total. The number of benzene rings is 1. The van der Waals surface area contributed by atoms with Crippen LogP contribution in [0, 0.1) is 13.8 Å². The summed E-state index contributed by atoms with van der Waals surface area (Å²) in [6.45, 7) is 9.79. The number of rotatable bonds is 8. The average molecular weight is 278 g/mol. The number of carbonyl (C=O) groups excluding carboxylic acids is 1. The van der Waals surface area contributed by atoms with E-state index in [1.165, 1.54) is 11.1 Å². The molecule has 112 valence electrons. The molecule has 0 aromatic heterocycles. The van der Waals surface area contributed by atoms with Crippen molar-refractivity contribution in [1.29, 1.82) is 0 Å². The first-order valence-electron chi connectivity index (χ1n) is 7.18. The third kappa shape index (κ3) is 6.57. The summed E-state index contributed by atoms with van der Waals surface area (Å²) in [5.41, 5.74) is 3.46. The van der Waals surface area contributed by atoms with Crippen LogP contribution in [0.5, 0.6) is 0 Å². The molecule has 4 heteroatoms. The molecule has 1 aromatic carbocycles. The van der Waals surface area contributed by atoms with Gasteiger partial charge in [0.25, 0.3) is 0 Å². The van der Waals surface area contributed by atoms with Crippen molar-refractivity contribution in [3.8, 4) is 0 Å². The Balaban J connectivity index is 2.18. The molecular weight excluding hydrogens is 252 g/mol. The Morgan fingerprint density at radius 1 is 1.25 bits per heavy atom. The van der Waals surface area contributed by atoms with Crippen molar-refractivity contribution >= 4 is 11.6 Å². The highest BCUT2D eigenvalue weighted by Crippen LogP contribution is 2.13. The lowest BCUT2D eigenvalue weighted by molar-refractivity contribution is -0.119. The van der Waals surface area contributed by atoms with Crippen LogP contribution in [-0.4, -0.2) is 31.7 Å². The standard InChI is InChI=1S/C16H26N2O2/c1-12(2)20-9-5-8-17-16(19)11-18-15-7-6-13(3)14(4)10-15/h6-7,10,12,18H,5,8-9,11H2,1-4H3,(H,17,19). The lowest BCUT2D eigenvalue weighted by Crippen LogP contribution is -2.31. The van der Waals surface area contributed by atoms with Gasteiger partial charge in [-0.2, -0.15) is 0 Å². The Morgan fingerprint density at radius 2 is 2.00 bits per heavy atom. The molecule has 0 atom stereocenters. The van der Waals surface area contributed by atoms with Crippen molar-refractivity contribution in [2.45, 2.75) is 40.2 Å². The Morgan fingerprint density at radius 3 is 2.65 bits per heavy atom. The van der Waals surface area contributed by atoms with Crippen molar-refractivity contribution < 1.29 is 9.53 Å². The van der Waals surface area contributed by atoms with Gasteiger partial charge in [-0.05, 0) is 57.4 Å². The van der Waals surface area contributed by atoms with Gasteiger partial charge in [-0.1, -0.05) is 6.07 Å². The zero-order valence-corrected chi connectivity index (χ0v) is 13.0. The molecule has 20 heavy (non-hydrogen) atoms. The van der Waals surface area contributed by atoms with Gasteiger partial charge in [0.15, 0.2) is 0 Å². The number of amides is 1. The molecule has 0 radical (unpaired) electrons. The van der Waals surface area contributed by atoms with Crippen LogP contribution in [0.2, 0.25) is 0 Å². The number of nitrogens with one attached hydrogen (secondary N) is 2. The molecule has 2 N–H and O–H groups in total. The normalized spacial score (nSPS) is 10.7. The van der Waals surface area contributed by atoms with E-state index in [1.807, 2.05) is 19.9 Å². The summed E-state index contributed by atoms with van der Waals surface area (Å²) in [6.07, 6.45) is 1.09. The zero-order chi connectivity index (χ0) is 15.0. The van der Waals surface area contributed by atoms with Gasteiger partial charge >= 0.3 is 0 Å². The minimum Gasteiger partial charge on any atom is -0.379 e. The summed E-state index contributed by atoms with van der Waals surface area (Å²) in [6, 6.07) is 6.10. The molecule has 1 aromatic rings. The Hall–Kier alpha value is -1.55. The van der Waals surface area contributed by atoms with Crippen LogP contribution in [0.1, 0.15) is 31.4 Å². The van der Waals surface area contributed by atoms with E-state index in [9.17, 15) is 4.79 Å². The van der Waals surface area contributed by atoms with Crippen molar-refractivity contribution in [2.75, 3.05) is 25.0 Å². The molecule has 0 saturated heterocycles. The minimum absolute atomic E-state index is 0.00720. The summed E-state index contributed by atoms with van der Waals surface area (Å²) in [4.78, 5) is 11.7. The van der Waals surface area contributed by atoms with Crippen LogP contribution in [0.25, 0.3) is 0 Å². The van der Waals surface area contributed by atoms with Gasteiger partial charge in [0.1, 0.15) is 0 Å². The molecule has 0 spiro atoms. The highest BCUT2D eigenvalue weighted by molar-refractivity contribution is 5.80. The van der Waals surface area contributed by atoms with Crippen LogP contribution in [0.4, 0.5) is 5.69 Å². The second-order valence-corrected chi connectivity index (χ2v) is 5.28. The molecule has 0 aliphatic heterocycles. The minimum atomic E-state index is 0.00720. The zero-order valence-electron chi connectivity index (χ0n) is 13.0. The first kappa shape index (κ1) is 16.5. The number of hydrogen-bond acceptors (Lipinski definition) is 3. The van der Waals surface area contributed by atoms with Gasteiger partial charge in [-0.15, -0.1) is 0 Å². The smallest absolute Gasteiger partial charge is 0.239 e. The van der Waals surface area contributed by atoms with Gasteiger partial charge in [0.05, 0.1) is 12.6 Å². The highest BCUT2D eigenvalue weighted by atomic mass is 16.5. The van der Waals surface area contributed by atoms with Crippen LogP contribution in [0.3, 0.4) is 0 Å². The third-order valence-corrected chi connectivity index (χ3v) is 3.05. The molecule has 0 unspecified atom stereocenters. The van der Waals surface area contributed by atoms with E-state index >= 15 is 0 Å². The summed E-state index contributed by atoms with van der Waals surface area (Å²) in [7, 11) is 0. The van der Waals surface area contributed by atoms with Crippen LogP contribution < -0.4 is 10.6 Å². The van der Waals surface area contributed by atoms with Crippen molar-refractivity contribution in [3.63, 3.8) is 0 Å². The van der Waals surface area contributed by atoms with Gasteiger partial charge in [-0.25, -0.2) is 0 Å². The molecule has 0 fully saturated rings. The van der Waals surface area contributed by atoms with Crippen molar-refractivity contribution in [2.24, 2.45) is 0 Å². The second kappa shape index (κ2) is 8.59. The van der Waals surface area contributed by atoms with E-state index in [0.717, 1.165) is 12.1 Å². The SMILES string of the molecule is Cc1ccc(NCC(=O)NCCCOC(C)C)cc1C. The highest BCUT2D eigenvalue weighted by Gasteiger charge is 2.02. The van der Waals surface area contributed by atoms with E-state index in [1.54, 1.807) is 0 Å². The van der Waals surface area contributed by atoms with Crippen LogP contribution in [-0.2, 0) is 9.53 Å². The maximum atomic E-state index is 11.7. The second-order valence-electron chi connectivity index (χ2n) is 5.28. The number of ether oxygens (including phenoxy) is 1. The predicted octanol–water partition coefficient (Wildman–Crippen LogP) is 2.65. The molecule has 0 aliphatic rings. The number of anilines is 1. The maximum Gasteiger partial charge on any atom is 0.239 e. The average Bonchev–Trinajstić information content (AvgIpc) is 2.39. The molecular formula is C16H26N2O2. The first-order chi connectivity index (χ1) is 9.49. The fourth-order valence-electron chi connectivity index (χ4n) is 1.72. The van der Waals surface area contributed by atoms with Gasteiger partial charge in [-0.3, -0.25) is 4.79 Å². The van der Waals surface area contributed by atoms with E-state index < -0.39 is 0 Å². The van der Waals surface area contributed by atoms with Crippen molar-refractivity contribution in [3.05, 3.63) is 29.3 Å². The van der Waals surface area contributed by atoms with E-state index in [2.05, 4.69) is 36.6 Å². The quantitative estimate of drug-likeness (QED) is 0.719. The topological polar surface area (TPSA) is 50.4 Å². The Bertz CT molecular complexity index is 430. The first-order valence-corrected chi connectivity index (χ1v) is 7.18. The molecule has 0 bridgehead atoms. The summed E-state index contributed by atoms with van der Waals surface area (Å²) >= 11 is 0. The molecule has 0 aliphatic carbocycles. The largest absolute Gasteiger partial charge is 0.379 e. The lowest BCUT2D eigenvalue weighted by atomic mass is 10.1. The van der Waals surface area contributed by atoms with Crippen LogP contribution >= 0.6 is 0 Å². The fourth-order valence-corrected chi connectivity index (χ4v) is 1.72. The molecule has 0 saturated carbocycles. The van der Waals surface area contributed by atoms with Crippen LogP contribution in [0.15, 0.2) is 18.2 Å². The molecule has 0 heterocycles. The van der Waals surface area contributed by atoms with Gasteiger partial charge < -0.3 is 15.4 Å². The monoisotopic (exact) mass is 278 g/mol. The maximum absolute atomic E-state index is 11.7. The van der Waals surface area contributed by atoms with E-state index in [-0.39, 0.29) is 12.0 Å². The third-order valence-electron chi connectivity index (χ3n) is 3.05. The molecule has 1 rings (SSSR count). The number of aryl methyl sites for hydroxylation is 2. The summed E-state index contributed by atoms with van der Waals surface area (Å²) < 4.78 is 5.41. The van der Waals surface area contributed by atoms with E-state index in [4.69, 9.17) is 4.74 Å². The lowest BCUT2D eigenvalue weighted by Gasteiger charge is -2.10.